The van der Waals surface area contributed by atoms with Crippen molar-refractivity contribution in [2.24, 2.45) is 5.92 Å². The average Bonchev–Trinajstić information content (AvgIpc) is 2.69. The Kier molecular flexibility index (Phi) is 3.64. The van der Waals surface area contributed by atoms with E-state index in [-0.39, 0.29) is 24.1 Å². The predicted octanol–water partition coefficient (Wildman–Crippen LogP) is -0.159. The van der Waals surface area contributed by atoms with Gasteiger partial charge in [0.15, 0.2) is 0 Å². The molecular weight excluding hydrogens is 234 g/mol. The molecule has 2 unspecified atom stereocenters. The summed E-state index contributed by atoms with van der Waals surface area (Å²) in [7, 11) is 0. The van der Waals surface area contributed by atoms with Crippen molar-refractivity contribution < 1.29 is 4.79 Å². The number of nitrogens with zero attached hydrogens (tertiary/aromatic N) is 1. The lowest BCUT2D eigenvalue weighted by Gasteiger charge is -2.12. The molecule has 0 aromatic carbocycles. The minimum Gasteiger partial charge on any atom is -0.352 e. The highest BCUT2D eigenvalue weighted by molar-refractivity contribution is 5.75. The third kappa shape index (κ3) is 3.09. The van der Waals surface area contributed by atoms with Crippen molar-refractivity contribution in [3.05, 3.63) is 32.8 Å². The van der Waals surface area contributed by atoms with Gasteiger partial charge in [-0.15, -0.1) is 0 Å². The minimum absolute atomic E-state index is 0.139. The second kappa shape index (κ2) is 5.20. The average molecular weight is 251 g/mol. The zero-order chi connectivity index (χ0) is 13.1. The predicted molar refractivity (Wildman–Crippen MR) is 66.3 cm³/mol. The maximum Gasteiger partial charge on any atom is 0.265 e. The highest BCUT2D eigenvalue weighted by Crippen LogP contribution is 2.24. The number of hydrogen-bond donors (Lipinski definition) is 2. The quantitative estimate of drug-likeness (QED) is 0.783. The van der Waals surface area contributed by atoms with Crippen molar-refractivity contribution in [1.82, 2.24) is 15.1 Å². The first-order valence-corrected chi connectivity index (χ1v) is 6.14. The maximum absolute atomic E-state index is 11.7. The smallest absolute Gasteiger partial charge is 0.265 e. The molecule has 1 aromatic rings. The number of amides is 1. The molecule has 0 bridgehead atoms. The lowest BCUT2D eigenvalue weighted by atomic mass is 10.1. The Morgan fingerprint density at radius 1 is 1.44 bits per heavy atom. The summed E-state index contributed by atoms with van der Waals surface area (Å²) < 4.78 is 1.02. The van der Waals surface area contributed by atoms with E-state index in [9.17, 15) is 14.4 Å². The van der Waals surface area contributed by atoms with Crippen LogP contribution in [0.25, 0.3) is 0 Å². The Morgan fingerprint density at radius 2 is 2.22 bits per heavy atom. The number of aromatic nitrogens is 2. The summed E-state index contributed by atoms with van der Waals surface area (Å²) in [6, 6.07) is 2.50. The van der Waals surface area contributed by atoms with Crippen molar-refractivity contribution in [1.29, 1.82) is 0 Å². The number of aromatic amines is 1. The fourth-order valence-corrected chi connectivity index (χ4v) is 2.33. The Labute approximate surface area is 104 Å². The molecule has 2 N–H and O–H groups in total. The summed E-state index contributed by atoms with van der Waals surface area (Å²) in [5.41, 5.74) is -0.776. The van der Waals surface area contributed by atoms with Crippen molar-refractivity contribution in [2.75, 3.05) is 0 Å². The van der Waals surface area contributed by atoms with Crippen LogP contribution in [0.3, 0.4) is 0 Å². The molecular formula is C12H17N3O3. The third-order valence-electron chi connectivity index (χ3n) is 3.25. The van der Waals surface area contributed by atoms with E-state index in [1.807, 2.05) is 0 Å². The van der Waals surface area contributed by atoms with Crippen LogP contribution in [-0.4, -0.2) is 21.7 Å². The molecule has 1 fully saturated rings. The fourth-order valence-electron chi connectivity index (χ4n) is 2.33. The van der Waals surface area contributed by atoms with Gasteiger partial charge in [0.1, 0.15) is 6.54 Å². The summed E-state index contributed by atoms with van der Waals surface area (Å²) in [4.78, 5) is 34.2. The number of carbonyl (C=O) groups is 1. The molecule has 1 heterocycles. The first-order chi connectivity index (χ1) is 8.54. The number of carbonyl (C=O) groups excluding carboxylic acids is 1. The van der Waals surface area contributed by atoms with Crippen molar-refractivity contribution >= 4 is 5.91 Å². The van der Waals surface area contributed by atoms with Crippen LogP contribution in [0.5, 0.6) is 0 Å². The van der Waals surface area contributed by atoms with Gasteiger partial charge >= 0.3 is 0 Å². The molecule has 1 aliphatic rings. The van der Waals surface area contributed by atoms with E-state index in [1.165, 1.54) is 0 Å². The summed E-state index contributed by atoms with van der Waals surface area (Å²) in [5, 5.41) is 5.21. The molecule has 98 valence electrons. The molecule has 0 aliphatic heterocycles. The lowest BCUT2D eigenvalue weighted by Crippen LogP contribution is -2.39. The number of H-pyrrole nitrogens is 1. The monoisotopic (exact) mass is 251 g/mol. The molecule has 1 saturated carbocycles. The fraction of sp³-hybridized carbons (Fsp3) is 0.583. The molecule has 0 saturated heterocycles. The normalized spacial score (nSPS) is 22.9. The van der Waals surface area contributed by atoms with Gasteiger partial charge in [-0.05, 0) is 25.2 Å². The van der Waals surface area contributed by atoms with Gasteiger partial charge in [0, 0.05) is 18.2 Å². The Morgan fingerprint density at radius 3 is 2.89 bits per heavy atom. The van der Waals surface area contributed by atoms with Gasteiger partial charge in [0.2, 0.25) is 5.91 Å². The molecule has 1 amide bonds. The maximum atomic E-state index is 11.7. The highest BCUT2D eigenvalue weighted by atomic mass is 16.2. The summed E-state index contributed by atoms with van der Waals surface area (Å²) in [6.07, 6.45) is 3.08. The van der Waals surface area contributed by atoms with Crippen molar-refractivity contribution in [3.63, 3.8) is 0 Å². The second-order valence-corrected chi connectivity index (χ2v) is 4.92. The zero-order valence-electron chi connectivity index (χ0n) is 10.3. The van der Waals surface area contributed by atoms with Crippen LogP contribution in [0, 0.1) is 5.92 Å². The SMILES string of the molecule is CC1CCC(NC(=O)Cn2[nH]c(=O)ccc2=O)C1. The first-order valence-electron chi connectivity index (χ1n) is 6.14. The molecule has 2 rings (SSSR count). The van der Waals surface area contributed by atoms with Crippen LogP contribution >= 0.6 is 0 Å². The van der Waals surface area contributed by atoms with Gasteiger partial charge in [-0.1, -0.05) is 6.92 Å². The summed E-state index contributed by atoms with van der Waals surface area (Å²) in [6.45, 7) is 2.02. The van der Waals surface area contributed by atoms with Gasteiger partial charge in [-0.2, -0.15) is 0 Å². The van der Waals surface area contributed by atoms with Crippen LogP contribution in [0.4, 0.5) is 0 Å². The molecule has 0 radical (unpaired) electrons. The zero-order valence-corrected chi connectivity index (χ0v) is 10.3. The Balaban J connectivity index is 1.97. The summed E-state index contributed by atoms with van der Waals surface area (Å²) >= 11 is 0. The van der Waals surface area contributed by atoms with E-state index in [4.69, 9.17) is 0 Å². The van der Waals surface area contributed by atoms with Crippen LogP contribution < -0.4 is 16.4 Å². The molecule has 6 nitrogen and oxygen atoms in total. The van der Waals surface area contributed by atoms with Crippen LogP contribution in [0.2, 0.25) is 0 Å². The second-order valence-electron chi connectivity index (χ2n) is 4.92. The van der Waals surface area contributed by atoms with E-state index in [0.717, 1.165) is 36.1 Å². The van der Waals surface area contributed by atoms with Crippen LogP contribution in [0.15, 0.2) is 21.7 Å². The standard InChI is InChI=1S/C12H17N3O3/c1-8-2-3-9(6-8)13-11(17)7-15-12(18)5-4-10(16)14-15/h4-5,8-9H,2-3,6-7H2,1H3,(H,13,17)(H,14,16). The largest absolute Gasteiger partial charge is 0.352 e. The minimum atomic E-state index is -0.392. The highest BCUT2D eigenvalue weighted by Gasteiger charge is 2.22. The van der Waals surface area contributed by atoms with Gasteiger partial charge < -0.3 is 5.32 Å². The van der Waals surface area contributed by atoms with Crippen LogP contribution in [-0.2, 0) is 11.3 Å². The van der Waals surface area contributed by atoms with E-state index in [1.54, 1.807) is 0 Å². The van der Waals surface area contributed by atoms with E-state index < -0.39 is 5.56 Å². The molecule has 1 aromatic heterocycles. The molecule has 1 aliphatic carbocycles. The summed E-state index contributed by atoms with van der Waals surface area (Å²) in [5.74, 6) is 0.396. The van der Waals surface area contributed by atoms with Gasteiger partial charge in [0.05, 0.1) is 0 Å². The van der Waals surface area contributed by atoms with Crippen molar-refractivity contribution in [3.8, 4) is 0 Å². The van der Waals surface area contributed by atoms with Gasteiger partial charge in [0.25, 0.3) is 11.1 Å². The molecule has 0 spiro atoms. The Hall–Kier alpha value is -1.85. The van der Waals surface area contributed by atoms with E-state index in [0.29, 0.717) is 5.92 Å². The number of hydrogen-bond acceptors (Lipinski definition) is 3. The van der Waals surface area contributed by atoms with E-state index >= 15 is 0 Å². The van der Waals surface area contributed by atoms with Crippen LogP contribution in [0.1, 0.15) is 26.2 Å². The molecule has 18 heavy (non-hydrogen) atoms. The van der Waals surface area contributed by atoms with Gasteiger partial charge in [-0.25, -0.2) is 4.68 Å². The van der Waals surface area contributed by atoms with E-state index in [2.05, 4.69) is 17.3 Å². The van der Waals surface area contributed by atoms with Crippen molar-refractivity contribution in [2.45, 2.75) is 38.8 Å². The molecule has 6 heteroatoms. The third-order valence-corrected chi connectivity index (χ3v) is 3.25. The topological polar surface area (TPSA) is 84.0 Å². The Bertz CT molecular complexity index is 546. The number of rotatable bonds is 3. The first kappa shape index (κ1) is 12.6. The van der Waals surface area contributed by atoms with Gasteiger partial charge in [-0.3, -0.25) is 19.5 Å². The number of nitrogens with one attached hydrogen (secondary N) is 2. The lowest BCUT2D eigenvalue weighted by molar-refractivity contribution is -0.122. The molecule has 2 atom stereocenters.